The van der Waals surface area contributed by atoms with E-state index in [9.17, 15) is 0 Å². The van der Waals surface area contributed by atoms with E-state index in [0.717, 1.165) is 25.9 Å². The number of hydrogen-bond acceptors (Lipinski definition) is 3. The van der Waals surface area contributed by atoms with E-state index < -0.39 is 0 Å². The van der Waals surface area contributed by atoms with Crippen molar-refractivity contribution < 1.29 is 0 Å². The molecule has 2 aromatic rings. The molecule has 104 valence electrons. The van der Waals surface area contributed by atoms with Crippen molar-refractivity contribution >= 4 is 11.5 Å². The third kappa shape index (κ3) is 1.57. The summed E-state index contributed by atoms with van der Waals surface area (Å²) in [7, 11) is 2.06. The highest BCUT2D eigenvalue weighted by Gasteiger charge is 2.34. The van der Waals surface area contributed by atoms with Crippen LogP contribution in [-0.2, 0) is 26.4 Å². The van der Waals surface area contributed by atoms with Gasteiger partial charge in [0.2, 0.25) is 0 Å². The zero-order chi connectivity index (χ0) is 13.7. The molecule has 0 saturated heterocycles. The minimum absolute atomic E-state index is 0.539. The molecule has 4 nitrogen and oxygen atoms in total. The van der Waals surface area contributed by atoms with Gasteiger partial charge in [0.25, 0.3) is 0 Å². The molecule has 1 aromatic heterocycles. The summed E-state index contributed by atoms with van der Waals surface area (Å²) in [6.07, 6.45) is 2.10. The van der Waals surface area contributed by atoms with Gasteiger partial charge in [-0.3, -0.25) is 4.68 Å². The summed E-state index contributed by atoms with van der Waals surface area (Å²) < 4.78 is 2.04. The molecule has 0 bridgehead atoms. The number of nitrogens with one attached hydrogen (secondary N) is 1. The molecule has 2 aliphatic rings. The summed E-state index contributed by atoms with van der Waals surface area (Å²) in [6, 6.07) is 9.35. The molecular weight excluding hydrogens is 248 g/mol. The molecule has 4 rings (SSSR count). The monoisotopic (exact) mass is 268 g/mol. The third-order valence-corrected chi connectivity index (χ3v) is 4.57. The van der Waals surface area contributed by atoms with E-state index in [1.165, 1.54) is 28.3 Å². The highest BCUT2D eigenvalue weighted by Crippen LogP contribution is 2.38. The van der Waals surface area contributed by atoms with E-state index in [0.29, 0.717) is 6.04 Å². The molecule has 1 N–H and O–H groups in total. The number of rotatable bonds is 1. The van der Waals surface area contributed by atoms with Crippen LogP contribution in [0.5, 0.6) is 0 Å². The van der Waals surface area contributed by atoms with Gasteiger partial charge in [-0.15, -0.1) is 0 Å². The van der Waals surface area contributed by atoms with Crippen molar-refractivity contribution in [3.05, 3.63) is 41.1 Å². The minimum atomic E-state index is 0.539. The molecule has 0 saturated carbocycles. The molecule has 20 heavy (non-hydrogen) atoms. The molecule has 1 atom stereocenters. The lowest BCUT2D eigenvalue weighted by atomic mass is 9.92. The van der Waals surface area contributed by atoms with Gasteiger partial charge in [-0.25, -0.2) is 0 Å². The third-order valence-electron chi connectivity index (χ3n) is 4.57. The molecule has 0 amide bonds. The average Bonchev–Trinajstić information content (AvgIpc) is 2.82. The molecule has 3 heterocycles. The maximum absolute atomic E-state index is 4.67. The first kappa shape index (κ1) is 11.8. The topological polar surface area (TPSA) is 33.1 Å². The Morgan fingerprint density at radius 1 is 1.30 bits per heavy atom. The van der Waals surface area contributed by atoms with E-state index in [1.54, 1.807) is 0 Å². The SMILES string of the molecule is CCc1nn(C)c2c1NCC1Cc3ccccc3CN21. The summed E-state index contributed by atoms with van der Waals surface area (Å²) in [5.41, 5.74) is 5.37. The van der Waals surface area contributed by atoms with Gasteiger partial charge in [-0.2, -0.15) is 5.10 Å². The molecular formula is C16H20N4. The Bertz CT molecular complexity index is 658. The van der Waals surface area contributed by atoms with Crippen molar-refractivity contribution in [1.29, 1.82) is 0 Å². The fraction of sp³-hybridized carbons (Fsp3) is 0.438. The summed E-state index contributed by atoms with van der Waals surface area (Å²) in [6.45, 7) is 4.18. The van der Waals surface area contributed by atoms with E-state index >= 15 is 0 Å². The van der Waals surface area contributed by atoms with Gasteiger partial charge >= 0.3 is 0 Å². The molecule has 0 aliphatic carbocycles. The van der Waals surface area contributed by atoms with Crippen LogP contribution < -0.4 is 10.2 Å². The average molecular weight is 268 g/mol. The van der Waals surface area contributed by atoms with Crippen LogP contribution in [-0.4, -0.2) is 22.4 Å². The highest BCUT2D eigenvalue weighted by molar-refractivity contribution is 5.73. The molecule has 4 heteroatoms. The molecule has 1 aromatic carbocycles. The fourth-order valence-electron chi connectivity index (χ4n) is 3.56. The van der Waals surface area contributed by atoms with Crippen LogP contribution in [0.4, 0.5) is 11.5 Å². The van der Waals surface area contributed by atoms with Crippen molar-refractivity contribution in [1.82, 2.24) is 9.78 Å². The van der Waals surface area contributed by atoms with Crippen LogP contribution in [0.15, 0.2) is 24.3 Å². The second-order valence-corrected chi connectivity index (χ2v) is 5.76. The van der Waals surface area contributed by atoms with E-state index in [2.05, 4.69) is 53.6 Å². The van der Waals surface area contributed by atoms with Gasteiger partial charge < -0.3 is 10.2 Å². The van der Waals surface area contributed by atoms with Crippen molar-refractivity contribution in [2.24, 2.45) is 7.05 Å². The van der Waals surface area contributed by atoms with Gasteiger partial charge in [0.15, 0.2) is 5.82 Å². The number of benzene rings is 1. The summed E-state index contributed by atoms with van der Waals surface area (Å²) >= 11 is 0. The Labute approximate surface area is 119 Å². The quantitative estimate of drug-likeness (QED) is 0.862. The van der Waals surface area contributed by atoms with Crippen LogP contribution in [0, 0.1) is 0 Å². The number of aryl methyl sites for hydroxylation is 2. The first-order chi connectivity index (χ1) is 9.78. The smallest absolute Gasteiger partial charge is 0.151 e. The van der Waals surface area contributed by atoms with Gasteiger partial charge in [-0.05, 0) is 24.0 Å². The van der Waals surface area contributed by atoms with Gasteiger partial charge in [0.05, 0.1) is 11.7 Å². The van der Waals surface area contributed by atoms with Crippen molar-refractivity contribution in [3.8, 4) is 0 Å². The highest BCUT2D eigenvalue weighted by atomic mass is 15.4. The predicted octanol–water partition coefficient (Wildman–Crippen LogP) is 2.34. The second kappa shape index (κ2) is 4.27. The van der Waals surface area contributed by atoms with E-state index in [4.69, 9.17) is 0 Å². The Balaban J connectivity index is 1.80. The first-order valence-corrected chi connectivity index (χ1v) is 7.41. The van der Waals surface area contributed by atoms with E-state index in [-0.39, 0.29) is 0 Å². The summed E-state index contributed by atoms with van der Waals surface area (Å²) in [5, 5.41) is 8.28. The molecule has 0 spiro atoms. The molecule has 0 fully saturated rings. The number of nitrogens with zero attached hydrogens (tertiary/aromatic N) is 3. The van der Waals surface area contributed by atoms with Gasteiger partial charge in [0, 0.05) is 20.1 Å². The van der Waals surface area contributed by atoms with Gasteiger partial charge in [-0.1, -0.05) is 31.2 Å². The standard InChI is InChI=1S/C16H20N4/c1-3-14-15-16(19(2)18-14)20-10-12-7-5-4-6-11(12)8-13(20)9-17-15/h4-7,13,17H,3,8-10H2,1-2H3. The number of anilines is 2. The van der Waals surface area contributed by atoms with Crippen molar-refractivity contribution in [2.45, 2.75) is 32.4 Å². The lowest BCUT2D eigenvalue weighted by molar-refractivity contribution is 0.542. The van der Waals surface area contributed by atoms with Crippen molar-refractivity contribution in [3.63, 3.8) is 0 Å². The largest absolute Gasteiger partial charge is 0.378 e. The van der Waals surface area contributed by atoms with Crippen molar-refractivity contribution in [2.75, 3.05) is 16.8 Å². The maximum atomic E-state index is 4.67. The van der Waals surface area contributed by atoms with Crippen LogP contribution in [0.2, 0.25) is 0 Å². The predicted molar refractivity (Wildman–Crippen MR) is 81.2 cm³/mol. The van der Waals surface area contributed by atoms with Crippen LogP contribution in [0.1, 0.15) is 23.7 Å². The molecule has 0 radical (unpaired) electrons. The minimum Gasteiger partial charge on any atom is -0.378 e. The Hall–Kier alpha value is -1.97. The lowest BCUT2D eigenvalue weighted by Crippen LogP contribution is -2.48. The van der Waals surface area contributed by atoms with E-state index in [1.807, 2.05) is 4.68 Å². The number of fused-ring (bicyclic) bond motifs is 4. The second-order valence-electron chi connectivity index (χ2n) is 5.76. The number of hydrogen-bond donors (Lipinski definition) is 1. The first-order valence-electron chi connectivity index (χ1n) is 7.41. The summed E-state index contributed by atoms with van der Waals surface area (Å²) in [4.78, 5) is 2.53. The Morgan fingerprint density at radius 2 is 2.10 bits per heavy atom. The Kier molecular flexibility index (Phi) is 2.52. The normalized spacial score (nSPS) is 19.9. The van der Waals surface area contributed by atoms with Gasteiger partial charge in [0.1, 0.15) is 5.69 Å². The number of aromatic nitrogens is 2. The molecule has 1 unspecified atom stereocenters. The molecule has 2 aliphatic heterocycles. The van der Waals surface area contributed by atoms with Crippen LogP contribution in [0.3, 0.4) is 0 Å². The van der Waals surface area contributed by atoms with Crippen LogP contribution in [0.25, 0.3) is 0 Å². The maximum Gasteiger partial charge on any atom is 0.151 e. The summed E-state index contributed by atoms with van der Waals surface area (Å²) in [5.74, 6) is 1.26. The lowest BCUT2D eigenvalue weighted by Gasteiger charge is -2.42. The van der Waals surface area contributed by atoms with Crippen LogP contribution >= 0.6 is 0 Å². The zero-order valence-corrected chi connectivity index (χ0v) is 12.1. The fourth-order valence-corrected chi connectivity index (χ4v) is 3.56. The Morgan fingerprint density at radius 3 is 2.90 bits per heavy atom. The zero-order valence-electron chi connectivity index (χ0n) is 12.1.